The van der Waals surface area contributed by atoms with Crippen molar-refractivity contribution in [2.75, 3.05) is 0 Å². The zero-order valence-electron chi connectivity index (χ0n) is 12.0. The molecule has 2 aromatic carbocycles. The lowest BCUT2D eigenvalue weighted by molar-refractivity contribution is 0.747. The van der Waals surface area contributed by atoms with Gasteiger partial charge in [0.25, 0.3) is 0 Å². The molecule has 1 fully saturated rings. The quantitative estimate of drug-likeness (QED) is 0.457. The first kappa shape index (κ1) is 13.2. The molecule has 0 aromatic heterocycles. The maximum Gasteiger partial charge on any atom is -0.0184 e. The topological polar surface area (TPSA) is 0 Å². The molecule has 0 atom stereocenters. The maximum absolute atomic E-state index is 2.44. The van der Waals surface area contributed by atoms with Crippen molar-refractivity contribution >= 4 is 0 Å². The monoisotopic (exact) mass is 262 g/mol. The van der Waals surface area contributed by atoms with Gasteiger partial charge >= 0.3 is 0 Å². The first-order valence-corrected chi connectivity index (χ1v) is 7.74. The van der Waals surface area contributed by atoms with Gasteiger partial charge in [0.2, 0.25) is 0 Å². The summed E-state index contributed by atoms with van der Waals surface area (Å²) in [6, 6.07) is 19.6. The highest BCUT2D eigenvalue weighted by molar-refractivity contribution is 5.63. The average molecular weight is 262 g/mol. The molecular formula is C20H22. The maximum atomic E-state index is 2.44. The van der Waals surface area contributed by atoms with Gasteiger partial charge in [-0.3, -0.25) is 0 Å². The molecule has 1 aliphatic rings. The number of aryl methyl sites for hydroxylation is 1. The highest BCUT2D eigenvalue weighted by atomic mass is 14.1. The molecule has 1 aliphatic carbocycles. The first-order chi connectivity index (χ1) is 9.92. The van der Waals surface area contributed by atoms with Gasteiger partial charge in [0.05, 0.1) is 0 Å². The van der Waals surface area contributed by atoms with Crippen LogP contribution in [0.5, 0.6) is 0 Å². The predicted octanol–water partition coefficient (Wildman–Crippen LogP) is 5.79. The largest absolute Gasteiger partial charge is 0.0853 e. The van der Waals surface area contributed by atoms with Crippen LogP contribution < -0.4 is 0 Å². The molecule has 0 radical (unpaired) electrons. The second-order valence-corrected chi connectivity index (χ2v) is 5.67. The van der Waals surface area contributed by atoms with Crippen molar-refractivity contribution in [1.29, 1.82) is 0 Å². The van der Waals surface area contributed by atoms with Crippen LogP contribution in [0.25, 0.3) is 11.1 Å². The fourth-order valence-electron chi connectivity index (χ4n) is 2.55. The van der Waals surface area contributed by atoms with Crippen LogP contribution >= 0.6 is 0 Å². The minimum Gasteiger partial charge on any atom is -0.0853 e. The number of hydrogen-bond acceptors (Lipinski definition) is 0. The van der Waals surface area contributed by atoms with Gasteiger partial charge in [0.1, 0.15) is 0 Å². The summed E-state index contributed by atoms with van der Waals surface area (Å²) in [5, 5.41) is 0. The van der Waals surface area contributed by atoms with E-state index in [2.05, 4.69) is 60.7 Å². The zero-order chi connectivity index (χ0) is 13.6. The van der Waals surface area contributed by atoms with Crippen molar-refractivity contribution in [3.05, 3.63) is 71.8 Å². The van der Waals surface area contributed by atoms with E-state index in [0.717, 1.165) is 0 Å². The van der Waals surface area contributed by atoms with Gasteiger partial charge in [0.15, 0.2) is 0 Å². The van der Waals surface area contributed by atoms with Crippen LogP contribution in [0.4, 0.5) is 0 Å². The SMILES string of the molecule is C(CCCCc1ccc(-c2ccccc2)cc1)=C1CC1. The number of allylic oxidation sites excluding steroid dienone is 2. The third-order valence-corrected chi connectivity index (χ3v) is 3.95. The van der Waals surface area contributed by atoms with Crippen LogP contribution in [0.2, 0.25) is 0 Å². The summed E-state index contributed by atoms with van der Waals surface area (Å²) in [5.74, 6) is 0. The van der Waals surface area contributed by atoms with E-state index in [1.165, 1.54) is 55.2 Å². The molecule has 0 amide bonds. The van der Waals surface area contributed by atoms with E-state index < -0.39 is 0 Å². The lowest BCUT2D eigenvalue weighted by Gasteiger charge is -2.04. The summed E-state index contributed by atoms with van der Waals surface area (Å²) in [6.45, 7) is 0. The van der Waals surface area contributed by atoms with E-state index in [-0.39, 0.29) is 0 Å². The van der Waals surface area contributed by atoms with Crippen LogP contribution in [-0.2, 0) is 6.42 Å². The van der Waals surface area contributed by atoms with Gasteiger partial charge in [-0.15, -0.1) is 0 Å². The molecule has 0 heterocycles. The lowest BCUT2D eigenvalue weighted by Crippen LogP contribution is -1.86. The van der Waals surface area contributed by atoms with Gasteiger partial charge in [-0.2, -0.15) is 0 Å². The molecule has 0 aliphatic heterocycles. The van der Waals surface area contributed by atoms with Crippen LogP contribution in [0, 0.1) is 0 Å². The Kier molecular flexibility index (Phi) is 4.32. The summed E-state index contributed by atoms with van der Waals surface area (Å²) >= 11 is 0. The lowest BCUT2D eigenvalue weighted by atomic mass is 10.0. The van der Waals surface area contributed by atoms with E-state index in [1.54, 1.807) is 5.57 Å². The fraction of sp³-hybridized carbons (Fsp3) is 0.300. The van der Waals surface area contributed by atoms with Crippen LogP contribution in [-0.4, -0.2) is 0 Å². The van der Waals surface area contributed by atoms with Gasteiger partial charge in [-0.1, -0.05) is 66.2 Å². The molecule has 0 unspecified atom stereocenters. The van der Waals surface area contributed by atoms with Crippen molar-refractivity contribution < 1.29 is 0 Å². The van der Waals surface area contributed by atoms with E-state index >= 15 is 0 Å². The molecule has 20 heavy (non-hydrogen) atoms. The number of benzene rings is 2. The average Bonchev–Trinajstić information content (AvgIpc) is 3.33. The molecule has 1 saturated carbocycles. The van der Waals surface area contributed by atoms with Gasteiger partial charge in [0, 0.05) is 0 Å². The molecule has 0 bridgehead atoms. The molecule has 0 saturated heterocycles. The third kappa shape index (κ3) is 3.84. The van der Waals surface area contributed by atoms with Crippen molar-refractivity contribution in [2.24, 2.45) is 0 Å². The summed E-state index contributed by atoms with van der Waals surface area (Å²) in [6.07, 6.45) is 10.3. The smallest absolute Gasteiger partial charge is 0.0184 e. The fourth-order valence-corrected chi connectivity index (χ4v) is 2.55. The standard InChI is InChI=1S/C20H22/c1(3-7-17-11-12-17)4-8-18-13-15-20(16-14-18)19-9-5-2-6-10-19/h2,5-7,9-10,13-16H,1,3-4,8,11-12H2. The summed E-state index contributed by atoms with van der Waals surface area (Å²) in [7, 11) is 0. The Balaban J connectivity index is 1.49. The number of hydrogen-bond donors (Lipinski definition) is 0. The van der Waals surface area contributed by atoms with Crippen molar-refractivity contribution in [1.82, 2.24) is 0 Å². The highest BCUT2D eigenvalue weighted by Crippen LogP contribution is 2.28. The Morgan fingerprint density at radius 1 is 0.750 bits per heavy atom. The van der Waals surface area contributed by atoms with Crippen LogP contribution in [0.15, 0.2) is 66.2 Å². The molecule has 2 aromatic rings. The van der Waals surface area contributed by atoms with Gasteiger partial charge < -0.3 is 0 Å². The summed E-state index contributed by atoms with van der Waals surface area (Å²) < 4.78 is 0. The van der Waals surface area contributed by atoms with E-state index in [9.17, 15) is 0 Å². The van der Waals surface area contributed by atoms with Crippen molar-refractivity contribution in [2.45, 2.75) is 38.5 Å². The molecular weight excluding hydrogens is 240 g/mol. The Morgan fingerprint density at radius 2 is 1.45 bits per heavy atom. The number of unbranched alkanes of at least 4 members (excludes halogenated alkanes) is 2. The Hall–Kier alpha value is -1.82. The Labute approximate surface area is 122 Å². The molecule has 0 spiro atoms. The molecule has 3 rings (SSSR count). The Morgan fingerprint density at radius 3 is 2.15 bits per heavy atom. The van der Waals surface area contributed by atoms with Crippen molar-refractivity contribution in [3.63, 3.8) is 0 Å². The zero-order valence-corrected chi connectivity index (χ0v) is 12.0. The Bertz CT molecular complexity index is 555. The second-order valence-electron chi connectivity index (χ2n) is 5.67. The second kappa shape index (κ2) is 6.56. The molecule has 0 nitrogen and oxygen atoms in total. The molecule has 0 N–H and O–H groups in total. The molecule has 0 heteroatoms. The summed E-state index contributed by atoms with van der Waals surface area (Å²) in [5.41, 5.74) is 5.75. The van der Waals surface area contributed by atoms with E-state index in [4.69, 9.17) is 0 Å². The molecule has 102 valence electrons. The number of rotatable bonds is 6. The van der Waals surface area contributed by atoms with Gasteiger partial charge in [-0.25, -0.2) is 0 Å². The predicted molar refractivity (Wildman–Crippen MR) is 86.8 cm³/mol. The van der Waals surface area contributed by atoms with Crippen LogP contribution in [0.3, 0.4) is 0 Å². The summed E-state index contributed by atoms with van der Waals surface area (Å²) in [4.78, 5) is 0. The van der Waals surface area contributed by atoms with E-state index in [0.29, 0.717) is 0 Å². The van der Waals surface area contributed by atoms with Crippen LogP contribution in [0.1, 0.15) is 37.7 Å². The van der Waals surface area contributed by atoms with Crippen molar-refractivity contribution in [3.8, 4) is 11.1 Å². The van der Waals surface area contributed by atoms with Gasteiger partial charge in [-0.05, 0) is 55.2 Å². The first-order valence-electron chi connectivity index (χ1n) is 7.74. The minimum atomic E-state index is 1.21. The minimum absolute atomic E-state index is 1.21. The van der Waals surface area contributed by atoms with E-state index in [1.807, 2.05) is 0 Å². The third-order valence-electron chi connectivity index (χ3n) is 3.95. The highest BCUT2D eigenvalue weighted by Gasteiger charge is 2.08. The normalized spacial score (nSPS) is 13.3.